The van der Waals surface area contributed by atoms with Crippen LogP contribution in [0.15, 0.2) is 30.3 Å². The SMILES string of the molecule is Cc1nc(C2CC2)cc(N2CCC3(CC2)NC(=O)c2ccccc2N3)n1. The van der Waals surface area contributed by atoms with Gasteiger partial charge in [0.2, 0.25) is 0 Å². The Morgan fingerprint density at radius 1 is 1.12 bits per heavy atom. The number of hydrogen-bond donors (Lipinski definition) is 2. The van der Waals surface area contributed by atoms with Gasteiger partial charge in [-0.15, -0.1) is 0 Å². The van der Waals surface area contributed by atoms with Gasteiger partial charge in [0.05, 0.1) is 5.56 Å². The first kappa shape index (κ1) is 15.6. The molecule has 1 spiro atoms. The maximum atomic E-state index is 12.5. The number of hydrogen-bond acceptors (Lipinski definition) is 5. The smallest absolute Gasteiger partial charge is 0.255 e. The number of fused-ring (bicyclic) bond motifs is 1. The molecule has 6 heteroatoms. The molecule has 2 aromatic rings. The average molecular weight is 349 g/mol. The van der Waals surface area contributed by atoms with Crippen LogP contribution in [0.25, 0.3) is 0 Å². The van der Waals surface area contributed by atoms with Crippen molar-refractivity contribution >= 4 is 17.4 Å². The van der Waals surface area contributed by atoms with Gasteiger partial charge in [0.25, 0.3) is 5.91 Å². The third kappa shape index (κ3) is 2.69. The molecule has 1 saturated carbocycles. The molecule has 3 heterocycles. The van der Waals surface area contributed by atoms with Gasteiger partial charge in [0, 0.05) is 49.3 Å². The molecule has 3 aliphatic rings. The van der Waals surface area contributed by atoms with E-state index >= 15 is 0 Å². The fourth-order valence-corrected chi connectivity index (χ4v) is 4.06. The number of nitrogens with one attached hydrogen (secondary N) is 2. The number of anilines is 2. The number of rotatable bonds is 2. The lowest BCUT2D eigenvalue weighted by Gasteiger charge is -2.46. The van der Waals surface area contributed by atoms with Crippen LogP contribution < -0.4 is 15.5 Å². The maximum absolute atomic E-state index is 12.5. The van der Waals surface area contributed by atoms with Gasteiger partial charge < -0.3 is 15.5 Å². The van der Waals surface area contributed by atoms with Crippen LogP contribution in [0, 0.1) is 6.92 Å². The van der Waals surface area contributed by atoms with Crippen molar-refractivity contribution in [2.75, 3.05) is 23.3 Å². The van der Waals surface area contributed by atoms with Crippen molar-refractivity contribution in [1.29, 1.82) is 0 Å². The van der Waals surface area contributed by atoms with Gasteiger partial charge in [0.1, 0.15) is 17.3 Å². The minimum atomic E-state index is -0.358. The van der Waals surface area contributed by atoms with Gasteiger partial charge in [0.15, 0.2) is 0 Å². The second-order valence-electron chi connectivity index (χ2n) is 7.67. The molecule has 0 radical (unpaired) electrons. The predicted molar refractivity (Wildman–Crippen MR) is 100 cm³/mol. The Kier molecular flexibility index (Phi) is 3.42. The second-order valence-corrected chi connectivity index (χ2v) is 7.67. The van der Waals surface area contributed by atoms with E-state index in [-0.39, 0.29) is 11.6 Å². The van der Waals surface area contributed by atoms with Crippen LogP contribution in [0.5, 0.6) is 0 Å². The van der Waals surface area contributed by atoms with Gasteiger partial charge in [-0.05, 0) is 31.9 Å². The monoisotopic (exact) mass is 349 g/mol. The molecule has 1 aliphatic carbocycles. The van der Waals surface area contributed by atoms with Crippen LogP contribution in [0.1, 0.15) is 53.5 Å². The summed E-state index contributed by atoms with van der Waals surface area (Å²) < 4.78 is 0. The van der Waals surface area contributed by atoms with E-state index in [0.717, 1.165) is 48.8 Å². The summed E-state index contributed by atoms with van der Waals surface area (Å²) in [5.74, 6) is 2.52. The molecule has 26 heavy (non-hydrogen) atoms. The Morgan fingerprint density at radius 3 is 2.65 bits per heavy atom. The van der Waals surface area contributed by atoms with Crippen LogP contribution in [-0.4, -0.2) is 34.6 Å². The van der Waals surface area contributed by atoms with Crippen LogP contribution in [0.2, 0.25) is 0 Å². The van der Waals surface area contributed by atoms with E-state index in [1.54, 1.807) is 0 Å². The van der Waals surface area contributed by atoms with Crippen molar-refractivity contribution < 1.29 is 4.79 Å². The van der Waals surface area contributed by atoms with Gasteiger partial charge >= 0.3 is 0 Å². The van der Waals surface area contributed by atoms with Crippen molar-refractivity contribution in [3.63, 3.8) is 0 Å². The summed E-state index contributed by atoms with van der Waals surface area (Å²) in [6, 6.07) is 9.87. The van der Waals surface area contributed by atoms with E-state index < -0.39 is 0 Å². The van der Waals surface area contributed by atoms with E-state index in [1.807, 2.05) is 31.2 Å². The first-order valence-corrected chi connectivity index (χ1v) is 9.42. The highest BCUT2D eigenvalue weighted by atomic mass is 16.2. The Balaban J connectivity index is 1.35. The zero-order valence-electron chi connectivity index (χ0n) is 15.0. The molecular formula is C20H23N5O. The number of aryl methyl sites for hydroxylation is 1. The van der Waals surface area contributed by atoms with E-state index in [4.69, 9.17) is 0 Å². The first-order chi connectivity index (χ1) is 12.6. The summed E-state index contributed by atoms with van der Waals surface area (Å²) >= 11 is 0. The highest BCUT2D eigenvalue weighted by Gasteiger charge is 2.40. The highest BCUT2D eigenvalue weighted by molar-refractivity contribution is 6.02. The molecule has 1 saturated heterocycles. The van der Waals surface area contributed by atoms with Crippen LogP contribution in [-0.2, 0) is 0 Å². The van der Waals surface area contributed by atoms with E-state index in [2.05, 4.69) is 31.6 Å². The van der Waals surface area contributed by atoms with Gasteiger partial charge in [-0.3, -0.25) is 4.79 Å². The maximum Gasteiger partial charge on any atom is 0.255 e. The van der Waals surface area contributed by atoms with Crippen molar-refractivity contribution in [2.24, 2.45) is 0 Å². The number of carbonyl (C=O) groups excluding carboxylic acids is 1. The molecule has 6 nitrogen and oxygen atoms in total. The minimum absolute atomic E-state index is 0.0155. The average Bonchev–Trinajstić information content (AvgIpc) is 3.47. The number of aromatic nitrogens is 2. The van der Waals surface area contributed by atoms with Gasteiger partial charge in [-0.1, -0.05) is 12.1 Å². The third-order valence-corrected chi connectivity index (χ3v) is 5.68. The standard InChI is InChI=1S/C20H23N5O/c1-13-21-17(14-6-7-14)12-18(22-13)25-10-8-20(9-11-25)23-16-5-3-2-4-15(16)19(26)24-20/h2-5,12,14,23H,6-11H2,1H3,(H,24,26). The molecular weight excluding hydrogens is 326 g/mol. The molecule has 1 aromatic heterocycles. The summed E-state index contributed by atoms with van der Waals surface area (Å²) in [5, 5.41) is 6.78. The summed E-state index contributed by atoms with van der Waals surface area (Å²) in [5.41, 5.74) is 2.48. The Labute approximate surface area is 153 Å². The van der Waals surface area contributed by atoms with Crippen molar-refractivity contribution in [3.05, 3.63) is 47.4 Å². The molecule has 0 bridgehead atoms. The number of amides is 1. The Hall–Kier alpha value is -2.63. The molecule has 0 atom stereocenters. The van der Waals surface area contributed by atoms with Crippen molar-refractivity contribution in [2.45, 2.75) is 44.2 Å². The predicted octanol–water partition coefficient (Wildman–Crippen LogP) is 2.81. The van der Waals surface area contributed by atoms with Crippen LogP contribution in [0.3, 0.4) is 0 Å². The second kappa shape index (κ2) is 5.69. The summed E-state index contributed by atoms with van der Waals surface area (Å²) in [7, 11) is 0. The number of para-hydroxylation sites is 1. The lowest BCUT2D eigenvalue weighted by atomic mass is 9.92. The number of nitrogens with zero attached hydrogens (tertiary/aromatic N) is 3. The number of benzene rings is 1. The largest absolute Gasteiger partial charge is 0.362 e. The summed E-state index contributed by atoms with van der Waals surface area (Å²) in [4.78, 5) is 24.1. The fourth-order valence-electron chi connectivity index (χ4n) is 4.06. The molecule has 2 N–H and O–H groups in total. The summed E-state index contributed by atoms with van der Waals surface area (Å²) in [6.45, 7) is 3.69. The Bertz CT molecular complexity index is 868. The Morgan fingerprint density at radius 2 is 1.88 bits per heavy atom. The van der Waals surface area contributed by atoms with Gasteiger partial charge in [-0.25, -0.2) is 9.97 Å². The lowest BCUT2D eigenvalue weighted by Crippen LogP contribution is -2.62. The van der Waals surface area contributed by atoms with Crippen LogP contribution >= 0.6 is 0 Å². The highest BCUT2D eigenvalue weighted by Crippen LogP contribution is 2.40. The zero-order chi connectivity index (χ0) is 17.7. The van der Waals surface area contributed by atoms with E-state index in [1.165, 1.54) is 18.5 Å². The molecule has 0 unspecified atom stereocenters. The van der Waals surface area contributed by atoms with Crippen LogP contribution in [0.4, 0.5) is 11.5 Å². The molecule has 1 amide bonds. The third-order valence-electron chi connectivity index (χ3n) is 5.68. The normalized spacial score (nSPS) is 21.1. The number of carbonyl (C=O) groups is 1. The zero-order valence-corrected chi connectivity index (χ0v) is 15.0. The first-order valence-electron chi connectivity index (χ1n) is 9.42. The van der Waals surface area contributed by atoms with E-state index in [0.29, 0.717) is 5.92 Å². The molecule has 134 valence electrons. The summed E-state index contributed by atoms with van der Waals surface area (Å²) in [6.07, 6.45) is 4.17. The lowest BCUT2D eigenvalue weighted by molar-refractivity contribution is 0.0885. The molecule has 2 fully saturated rings. The molecule has 2 aliphatic heterocycles. The van der Waals surface area contributed by atoms with Crippen molar-refractivity contribution in [3.8, 4) is 0 Å². The quantitative estimate of drug-likeness (QED) is 0.872. The van der Waals surface area contributed by atoms with Gasteiger partial charge in [-0.2, -0.15) is 0 Å². The van der Waals surface area contributed by atoms with E-state index in [9.17, 15) is 4.79 Å². The van der Waals surface area contributed by atoms with Crippen molar-refractivity contribution in [1.82, 2.24) is 15.3 Å². The number of piperidine rings is 1. The minimum Gasteiger partial charge on any atom is -0.362 e. The molecule has 1 aromatic carbocycles. The fraction of sp³-hybridized carbons (Fsp3) is 0.450. The topological polar surface area (TPSA) is 70.2 Å². The molecule has 5 rings (SSSR count).